The fraction of sp³-hybridized carbons (Fsp3) is 0.294. The number of hydrogen-bond donors (Lipinski definition) is 1. The molecule has 2 rings (SSSR count). The quantitative estimate of drug-likeness (QED) is 0.856. The van der Waals surface area contributed by atoms with Crippen molar-refractivity contribution >= 4 is 15.9 Å². The van der Waals surface area contributed by atoms with E-state index in [4.69, 9.17) is 9.47 Å². The SMILES string of the molecule is COc1ccc(COc2ccc(CC(C)O)cc2)cc1Br. The van der Waals surface area contributed by atoms with E-state index in [-0.39, 0.29) is 6.10 Å². The summed E-state index contributed by atoms with van der Waals surface area (Å²) in [6.07, 6.45) is 0.333. The smallest absolute Gasteiger partial charge is 0.133 e. The highest BCUT2D eigenvalue weighted by Crippen LogP contribution is 2.26. The van der Waals surface area contributed by atoms with Gasteiger partial charge >= 0.3 is 0 Å². The van der Waals surface area contributed by atoms with E-state index in [1.165, 1.54) is 0 Å². The zero-order chi connectivity index (χ0) is 15.2. The molecular weight excluding hydrogens is 332 g/mol. The Morgan fingerprint density at radius 3 is 2.33 bits per heavy atom. The summed E-state index contributed by atoms with van der Waals surface area (Å²) in [5, 5.41) is 9.35. The highest BCUT2D eigenvalue weighted by Gasteiger charge is 2.03. The molecule has 0 spiro atoms. The molecule has 1 N–H and O–H groups in total. The van der Waals surface area contributed by atoms with Gasteiger partial charge in [-0.05, 0) is 64.7 Å². The summed E-state index contributed by atoms with van der Waals surface area (Å²) in [7, 11) is 1.64. The first-order chi connectivity index (χ1) is 10.1. The van der Waals surface area contributed by atoms with Crippen LogP contribution in [0.2, 0.25) is 0 Å². The Morgan fingerprint density at radius 1 is 1.10 bits per heavy atom. The molecule has 4 heteroatoms. The van der Waals surface area contributed by atoms with Crippen molar-refractivity contribution in [2.45, 2.75) is 26.1 Å². The van der Waals surface area contributed by atoms with Crippen LogP contribution in [0.25, 0.3) is 0 Å². The zero-order valence-corrected chi connectivity index (χ0v) is 13.8. The van der Waals surface area contributed by atoms with Crippen molar-refractivity contribution in [3.05, 3.63) is 58.1 Å². The molecule has 0 radical (unpaired) electrons. The van der Waals surface area contributed by atoms with Crippen LogP contribution in [0.1, 0.15) is 18.1 Å². The van der Waals surface area contributed by atoms with Crippen molar-refractivity contribution in [2.75, 3.05) is 7.11 Å². The van der Waals surface area contributed by atoms with Crippen molar-refractivity contribution < 1.29 is 14.6 Å². The number of ether oxygens (including phenoxy) is 2. The first-order valence-corrected chi connectivity index (χ1v) is 7.60. The Bertz CT molecular complexity index is 579. The summed E-state index contributed by atoms with van der Waals surface area (Å²) < 4.78 is 11.9. The molecule has 1 atom stereocenters. The molecule has 3 nitrogen and oxygen atoms in total. The standard InChI is InChI=1S/C17H19BrO3/c1-12(19)9-13-3-6-15(7-4-13)21-11-14-5-8-17(20-2)16(18)10-14/h3-8,10,12,19H,9,11H2,1-2H3. The lowest BCUT2D eigenvalue weighted by atomic mass is 10.1. The number of aliphatic hydroxyl groups excluding tert-OH is 1. The molecule has 0 aliphatic carbocycles. The maximum atomic E-state index is 9.35. The first kappa shape index (κ1) is 15.9. The Labute approximate surface area is 133 Å². The highest BCUT2D eigenvalue weighted by atomic mass is 79.9. The third-order valence-electron chi connectivity index (χ3n) is 3.08. The summed E-state index contributed by atoms with van der Waals surface area (Å²) in [5.74, 6) is 1.62. The van der Waals surface area contributed by atoms with Crippen molar-refractivity contribution in [1.82, 2.24) is 0 Å². The first-order valence-electron chi connectivity index (χ1n) is 6.80. The number of aliphatic hydroxyl groups is 1. The van der Waals surface area contributed by atoms with E-state index in [0.29, 0.717) is 13.0 Å². The largest absolute Gasteiger partial charge is 0.496 e. The van der Waals surface area contributed by atoms with Crippen LogP contribution < -0.4 is 9.47 Å². The predicted molar refractivity (Wildman–Crippen MR) is 86.9 cm³/mol. The maximum Gasteiger partial charge on any atom is 0.133 e. The normalized spacial score (nSPS) is 12.0. The van der Waals surface area contributed by atoms with Gasteiger partial charge in [0.15, 0.2) is 0 Å². The van der Waals surface area contributed by atoms with Gasteiger partial charge in [-0.25, -0.2) is 0 Å². The maximum absolute atomic E-state index is 9.35. The summed E-state index contributed by atoms with van der Waals surface area (Å²) in [6.45, 7) is 2.28. The van der Waals surface area contributed by atoms with Crippen molar-refractivity contribution in [3.63, 3.8) is 0 Å². The van der Waals surface area contributed by atoms with Crippen LogP contribution >= 0.6 is 15.9 Å². The lowest BCUT2D eigenvalue weighted by Crippen LogP contribution is -2.04. The molecule has 0 aliphatic rings. The Hall–Kier alpha value is -1.52. The minimum atomic E-state index is -0.326. The van der Waals surface area contributed by atoms with Gasteiger partial charge in [0.25, 0.3) is 0 Å². The third kappa shape index (κ3) is 4.76. The molecule has 1 unspecified atom stereocenters. The Kier molecular flexibility index (Phi) is 5.65. The number of hydrogen-bond acceptors (Lipinski definition) is 3. The van der Waals surface area contributed by atoms with Gasteiger partial charge in [-0.1, -0.05) is 18.2 Å². The monoisotopic (exact) mass is 350 g/mol. The van der Waals surface area contributed by atoms with Gasteiger partial charge in [-0.3, -0.25) is 0 Å². The van der Waals surface area contributed by atoms with Crippen LogP contribution in [-0.2, 0) is 13.0 Å². The highest BCUT2D eigenvalue weighted by molar-refractivity contribution is 9.10. The van der Waals surface area contributed by atoms with Crippen LogP contribution in [0.3, 0.4) is 0 Å². The van der Waals surface area contributed by atoms with Gasteiger partial charge in [0.1, 0.15) is 18.1 Å². The van der Waals surface area contributed by atoms with Crippen LogP contribution in [-0.4, -0.2) is 18.3 Å². The second-order valence-corrected chi connectivity index (χ2v) is 5.81. The van der Waals surface area contributed by atoms with Gasteiger partial charge in [-0.2, -0.15) is 0 Å². The van der Waals surface area contributed by atoms with Gasteiger partial charge < -0.3 is 14.6 Å². The van der Waals surface area contributed by atoms with E-state index in [1.54, 1.807) is 14.0 Å². The molecule has 0 heterocycles. The van der Waals surface area contributed by atoms with Crippen LogP contribution in [0.15, 0.2) is 46.9 Å². The van der Waals surface area contributed by atoms with Crippen LogP contribution in [0.5, 0.6) is 11.5 Å². The topological polar surface area (TPSA) is 38.7 Å². The van der Waals surface area contributed by atoms with E-state index in [1.807, 2.05) is 42.5 Å². The third-order valence-corrected chi connectivity index (χ3v) is 3.70. The van der Waals surface area contributed by atoms with Gasteiger partial charge in [0.05, 0.1) is 17.7 Å². The molecular formula is C17H19BrO3. The fourth-order valence-electron chi connectivity index (χ4n) is 2.03. The van der Waals surface area contributed by atoms with E-state index < -0.39 is 0 Å². The van der Waals surface area contributed by atoms with Gasteiger partial charge in [0.2, 0.25) is 0 Å². The lowest BCUT2D eigenvalue weighted by molar-refractivity contribution is 0.195. The van der Waals surface area contributed by atoms with Crippen LogP contribution in [0, 0.1) is 0 Å². The number of benzene rings is 2. The average Bonchev–Trinajstić information content (AvgIpc) is 2.46. The van der Waals surface area contributed by atoms with Crippen molar-refractivity contribution in [1.29, 1.82) is 0 Å². The van der Waals surface area contributed by atoms with Crippen molar-refractivity contribution in [3.8, 4) is 11.5 Å². The van der Waals surface area contributed by atoms with E-state index in [2.05, 4.69) is 15.9 Å². The van der Waals surface area contributed by atoms with E-state index in [9.17, 15) is 5.11 Å². The minimum Gasteiger partial charge on any atom is -0.496 e. The molecule has 0 aromatic heterocycles. The number of methoxy groups -OCH3 is 1. The molecule has 0 amide bonds. The van der Waals surface area contributed by atoms with Crippen LogP contribution in [0.4, 0.5) is 0 Å². The van der Waals surface area contributed by atoms with Crippen molar-refractivity contribution in [2.24, 2.45) is 0 Å². The molecule has 112 valence electrons. The number of halogens is 1. The predicted octanol–water partition coefficient (Wildman–Crippen LogP) is 3.96. The summed E-state index contributed by atoms with van der Waals surface area (Å²) >= 11 is 3.46. The average molecular weight is 351 g/mol. The molecule has 0 saturated heterocycles. The van der Waals surface area contributed by atoms with E-state index >= 15 is 0 Å². The summed E-state index contributed by atoms with van der Waals surface area (Å²) in [5.41, 5.74) is 2.17. The van der Waals surface area contributed by atoms with Gasteiger partial charge in [-0.15, -0.1) is 0 Å². The molecule has 0 fully saturated rings. The Balaban J connectivity index is 1.95. The lowest BCUT2D eigenvalue weighted by Gasteiger charge is -2.10. The molecule has 0 bridgehead atoms. The summed E-state index contributed by atoms with van der Waals surface area (Å²) in [6, 6.07) is 13.7. The zero-order valence-electron chi connectivity index (χ0n) is 12.2. The molecule has 0 saturated carbocycles. The second kappa shape index (κ2) is 7.48. The molecule has 0 aliphatic heterocycles. The minimum absolute atomic E-state index is 0.326. The molecule has 2 aromatic rings. The summed E-state index contributed by atoms with van der Waals surface area (Å²) in [4.78, 5) is 0. The molecule has 21 heavy (non-hydrogen) atoms. The van der Waals surface area contributed by atoms with Gasteiger partial charge in [0, 0.05) is 0 Å². The number of rotatable bonds is 6. The fourth-order valence-corrected chi connectivity index (χ4v) is 2.62. The molecule has 2 aromatic carbocycles. The Morgan fingerprint density at radius 2 is 1.76 bits per heavy atom. The second-order valence-electron chi connectivity index (χ2n) is 4.95. The van der Waals surface area contributed by atoms with E-state index in [0.717, 1.165) is 27.1 Å².